The summed E-state index contributed by atoms with van der Waals surface area (Å²) in [4.78, 5) is 28.1. The van der Waals surface area contributed by atoms with Gasteiger partial charge in [-0.05, 0) is 62.2 Å². The largest absolute Gasteiger partial charge is 0.321 e. The molecule has 0 aliphatic carbocycles. The second-order valence-electron chi connectivity index (χ2n) is 8.06. The molecule has 170 valence electrons. The van der Waals surface area contributed by atoms with Crippen LogP contribution in [0.15, 0.2) is 83.4 Å². The highest BCUT2D eigenvalue weighted by atomic mass is 35.5. The minimum Gasteiger partial charge on any atom is -0.321 e. The van der Waals surface area contributed by atoms with Gasteiger partial charge in [-0.15, -0.1) is 0 Å². The molecular formula is C27H22ClN3O2S. The van der Waals surface area contributed by atoms with Gasteiger partial charge in [0.05, 0.1) is 5.25 Å². The van der Waals surface area contributed by atoms with Crippen molar-refractivity contribution in [2.75, 3.05) is 10.2 Å². The highest BCUT2D eigenvalue weighted by molar-refractivity contribution is 8.05. The van der Waals surface area contributed by atoms with Crippen molar-refractivity contribution in [2.45, 2.75) is 25.5 Å². The zero-order valence-electron chi connectivity index (χ0n) is 18.7. The first-order valence-corrected chi connectivity index (χ1v) is 12.0. The molecule has 5 nitrogen and oxygen atoms in total. The van der Waals surface area contributed by atoms with Gasteiger partial charge in [0, 0.05) is 16.4 Å². The summed E-state index contributed by atoms with van der Waals surface area (Å²) in [6, 6.07) is 24.1. The molecule has 1 saturated heterocycles. The number of nitriles is 1. The van der Waals surface area contributed by atoms with Crippen molar-refractivity contribution < 1.29 is 9.59 Å². The standard InChI is InChI=1S/C27H22ClN3O2S/c1-17-6-12-22(13-7-17)31-26(33)24(15-19-5-3-4-18(2)14-19)34-27(31)23(16-29)25(32)30-21-10-8-20(28)9-11-21/h3-14,24H,15H2,1-2H3,(H,30,32)/b27-23-. The number of aryl methyl sites for hydroxylation is 2. The van der Waals surface area contributed by atoms with Crippen molar-refractivity contribution in [3.8, 4) is 6.07 Å². The number of thioether (sulfide) groups is 1. The molecule has 1 unspecified atom stereocenters. The van der Waals surface area contributed by atoms with Gasteiger partial charge >= 0.3 is 0 Å². The second kappa shape index (κ2) is 10.2. The molecule has 1 aliphatic heterocycles. The van der Waals surface area contributed by atoms with E-state index in [2.05, 4.69) is 5.32 Å². The van der Waals surface area contributed by atoms with Crippen LogP contribution in [0.1, 0.15) is 16.7 Å². The Balaban J connectivity index is 1.72. The van der Waals surface area contributed by atoms with Crippen LogP contribution in [0.5, 0.6) is 0 Å². The summed E-state index contributed by atoms with van der Waals surface area (Å²) in [7, 11) is 0. The molecule has 1 aliphatic rings. The molecule has 1 atom stereocenters. The molecule has 3 aromatic rings. The maximum Gasteiger partial charge on any atom is 0.269 e. The fraction of sp³-hybridized carbons (Fsp3) is 0.148. The van der Waals surface area contributed by atoms with Crippen LogP contribution in [0, 0.1) is 25.2 Å². The number of benzene rings is 3. The fourth-order valence-electron chi connectivity index (χ4n) is 3.70. The highest BCUT2D eigenvalue weighted by Gasteiger charge is 2.40. The zero-order chi connectivity index (χ0) is 24.2. The maximum atomic E-state index is 13.5. The van der Waals surface area contributed by atoms with E-state index in [0.717, 1.165) is 16.7 Å². The van der Waals surface area contributed by atoms with Crippen molar-refractivity contribution in [2.24, 2.45) is 0 Å². The topological polar surface area (TPSA) is 73.2 Å². The average Bonchev–Trinajstić information content (AvgIpc) is 3.12. The SMILES string of the molecule is Cc1ccc(N2C(=O)C(Cc3cccc(C)c3)S/C2=C(/C#N)C(=O)Nc2ccc(Cl)cc2)cc1. The smallest absolute Gasteiger partial charge is 0.269 e. The predicted octanol–water partition coefficient (Wildman–Crippen LogP) is 6.02. The van der Waals surface area contributed by atoms with Crippen LogP contribution in [-0.2, 0) is 16.0 Å². The summed E-state index contributed by atoms with van der Waals surface area (Å²) in [5.41, 5.74) is 4.21. The summed E-state index contributed by atoms with van der Waals surface area (Å²) in [5.74, 6) is -0.731. The van der Waals surface area contributed by atoms with E-state index in [0.29, 0.717) is 27.8 Å². The number of carbonyl (C=O) groups excluding carboxylic acids is 2. The van der Waals surface area contributed by atoms with Crippen molar-refractivity contribution >= 4 is 46.6 Å². The van der Waals surface area contributed by atoms with E-state index in [1.165, 1.54) is 16.7 Å². The Labute approximate surface area is 208 Å². The lowest BCUT2D eigenvalue weighted by molar-refractivity contribution is -0.117. The fourth-order valence-corrected chi connectivity index (χ4v) is 5.13. The van der Waals surface area contributed by atoms with Crippen LogP contribution in [0.25, 0.3) is 0 Å². The molecule has 0 spiro atoms. The number of nitrogens with one attached hydrogen (secondary N) is 1. The van der Waals surface area contributed by atoms with Gasteiger partial charge in [-0.2, -0.15) is 5.26 Å². The molecule has 34 heavy (non-hydrogen) atoms. The molecule has 0 aromatic heterocycles. The molecule has 0 radical (unpaired) electrons. The van der Waals surface area contributed by atoms with Gasteiger partial charge in [0.1, 0.15) is 16.7 Å². The molecule has 1 N–H and O–H groups in total. The van der Waals surface area contributed by atoms with E-state index in [1.54, 1.807) is 24.3 Å². The van der Waals surface area contributed by atoms with Crippen molar-refractivity contribution in [1.82, 2.24) is 0 Å². The number of hydrogen-bond donors (Lipinski definition) is 1. The third-order valence-corrected chi connectivity index (χ3v) is 6.92. The van der Waals surface area contributed by atoms with Gasteiger partial charge in [0.15, 0.2) is 0 Å². The van der Waals surface area contributed by atoms with Crippen molar-refractivity contribution in [1.29, 1.82) is 5.26 Å². The van der Waals surface area contributed by atoms with Gasteiger partial charge in [0.25, 0.3) is 5.91 Å². The molecule has 0 bridgehead atoms. The monoisotopic (exact) mass is 487 g/mol. The molecule has 4 rings (SSSR count). The van der Waals surface area contributed by atoms with Gasteiger partial charge in [-0.1, -0.05) is 70.9 Å². The molecule has 1 fully saturated rings. The Morgan fingerprint density at radius 3 is 2.41 bits per heavy atom. The van der Waals surface area contributed by atoms with Crippen LogP contribution < -0.4 is 10.2 Å². The van der Waals surface area contributed by atoms with Crippen LogP contribution in [0.3, 0.4) is 0 Å². The zero-order valence-corrected chi connectivity index (χ0v) is 20.3. The number of nitrogens with zero attached hydrogens (tertiary/aromatic N) is 2. The Kier molecular flexibility index (Phi) is 7.06. The van der Waals surface area contributed by atoms with Crippen LogP contribution in [0.4, 0.5) is 11.4 Å². The minimum absolute atomic E-state index is 0.111. The Bertz CT molecular complexity index is 1310. The molecule has 7 heteroatoms. The first-order chi connectivity index (χ1) is 16.4. The second-order valence-corrected chi connectivity index (χ2v) is 9.69. The summed E-state index contributed by atoms with van der Waals surface area (Å²) < 4.78 is 0. The minimum atomic E-state index is -0.576. The summed E-state index contributed by atoms with van der Waals surface area (Å²) >= 11 is 7.18. The van der Waals surface area contributed by atoms with E-state index in [9.17, 15) is 14.9 Å². The summed E-state index contributed by atoms with van der Waals surface area (Å²) in [6.07, 6.45) is 0.495. The van der Waals surface area contributed by atoms with Crippen molar-refractivity contribution in [3.63, 3.8) is 0 Å². The molecular weight excluding hydrogens is 466 g/mol. The maximum absolute atomic E-state index is 13.5. The number of anilines is 2. The number of carbonyl (C=O) groups is 2. The molecule has 3 aromatic carbocycles. The van der Waals surface area contributed by atoms with Crippen LogP contribution >= 0.6 is 23.4 Å². The van der Waals surface area contributed by atoms with Gasteiger partial charge in [0.2, 0.25) is 5.91 Å². The van der Waals surface area contributed by atoms with Gasteiger partial charge in [-0.25, -0.2) is 0 Å². The number of halogens is 1. The van der Waals surface area contributed by atoms with E-state index in [-0.39, 0.29) is 11.5 Å². The van der Waals surface area contributed by atoms with Gasteiger partial charge in [-0.3, -0.25) is 14.5 Å². The third-order valence-electron chi connectivity index (χ3n) is 5.40. The normalized spacial score (nSPS) is 16.8. The van der Waals surface area contributed by atoms with E-state index >= 15 is 0 Å². The lowest BCUT2D eigenvalue weighted by Gasteiger charge is -2.19. The number of hydrogen-bond acceptors (Lipinski definition) is 4. The molecule has 1 heterocycles. The van der Waals surface area contributed by atoms with Crippen LogP contribution in [-0.4, -0.2) is 17.1 Å². The highest BCUT2D eigenvalue weighted by Crippen LogP contribution is 2.42. The number of amides is 2. The lowest BCUT2D eigenvalue weighted by atomic mass is 10.1. The van der Waals surface area contributed by atoms with Crippen LogP contribution in [0.2, 0.25) is 5.02 Å². The molecule has 2 amide bonds. The van der Waals surface area contributed by atoms with Crippen molar-refractivity contribution in [3.05, 3.63) is 105 Å². The van der Waals surface area contributed by atoms with E-state index in [1.807, 2.05) is 68.4 Å². The Hall–Kier alpha value is -3.53. The first kappa shape index (κ1) is 23.6. The quantitative estimate of drug-likeness (QED) is 0.352. The van der Waals surface area contributed by atoms with Gasteiger partial charge < -0.3 is 5.32 Å². The number of rotatable bonds is 5. The Morgan fingerprint density at radius 2 is 1.76 bits per heavy atom. The lowest BCUT2D eigenvalue weighted by Crippen LogP contribution is -2.30. The third kappa shape index (κ3) is 5.17. The average molecular weight is 488 g/mol. The summed E-state index contributed by atoms with van der Waals surface area (Å²) in [6.45, 7) is 3.97. The van der Waals surface area contributed by atoms with E-state index < -0.39 is 11.2 Å². The first-order valence-electron chi connectivity index (χ1n) is 10.7. The Morgan fingerprint density at radius 1 is 1.06 bits per heavy atom. The van der Waals surface area contributed by atoms with E-state index in [4.69, 9.17) is 11.6 Å². The molecule has 0 saturated carbocycles. The summed E-state index contributed by atoms with van der Waals surface area (Å²) in [5, 5.41) is 13.1. The predicted molar refractivity (Wildman–Crippen MR) is 138 cm³/mol.